The number of hydrogen-bond donors (Lipinski definition) is 0. The van der Waals surface area contributed by atoms with Gasteiger partial charge in [-0.05, 0) is 114 Å². The van der Waals surface area contributed by atoms with Crippen LogP contribution in [0.4, 0.5) is 0 Å². The summed E-state index contributed by atoms with van der Waals surface area (Å²) >= 11 is 0. The number of fused-ring (bicyclic) bond motifs is 10. The maximum Gasteiger partial charge on any atom is 0.00160 e. The van der Waals surface area contributed by atoms with Gasteiger partial charge in [0.2, 0.25) is 0 Å². The normalized spacial score (nSPS) is 39.8. The maximum absolute atomic E-state index is 2.93. The van der Waals surface area contributed by atoms with E-state index in [-0.39, 0.29) is 0 Å². The molecule has 5 heterocycles. The van der Waals surface area contributed by atoms with Gasteiger partial charge < -0.3 is 9.80 Å². The highest BCUT2D eigenvalue weighted by molar-refractivity contribution is 4.92. The van der Waals surface area contributed by atoms with E-state index >= 15 is 0 Å². The van der Waals surface area contributed by atoms with E-state index in [4.69, 9.17) is 0 Å². The molecule has 6 bridgehead atoms. The van der Waals surface area contributed by atoms with Crippen molar-refractivity contribution in [3.8, 4) is 0 Å². The number of allylic oxidation sites excluding steroid dienone is 3. The second-order valence-corrected chi connectivity index (χ2v) is 12.3. The molecule has 2 saturated heterocycles. The van der Waals surface area contributed by atoms with Gasteiger partial charge in [0.15, 0.2) is 0 Å². The van der Waals surface area contributed by atoms with Crippen LogP contribution in [-0.4, -0.2) is 49.1 Å². The summed E-state index contributed by atoms with van der Waals surface area (Å²) in [5.74, 6) is 3.88. The Labute approximate surface area is 212 Å². The van der Waals surface area contributed by atoms with Gasteiger partial charge in [-0.2, -0.15) is 0 Å². The molecule has 2 heteroatoms. The summed E-state index contributed by atoms with van der Waals surface area (Å²) < 4.78 is 0. The lowest BCUT2D eigenvalue weighted by Gasteiger charge is -2.47. The molecule has 0 aliphatic carbocycles. The van der Waals surface area contributed by atoms with E-state index in [9.17, 15) is 0 Å². The van der Waals surface area contributed by atoms with Gasteiger partial charge in [-0.1, -0.05) is 62.8 Å². The van der Waals surface area contributed by atoms with Crippen molar-refractivity contribution < 1.29 is 0 Å². The molecule has 2 fully saturated rings. The van der Waals surface area contributed by atoms with Crippen LogP contribution in [0, 0.1) is 23.7 Å². The Hall–Kier alpha value is -0.600. The molecule has 0 aromatic carbocycles. The van der Waals surface area contributed by atoms with E-state index in [1.54, 1.807) is 6.42 Å². The lowest BCUT2D eigenvalue weighted by molar-refractivity contribution is 0.0193. The van der Waals surface area contributed by atoms with E-state index in [0.29, 0.717) is 0 Å². The van der Waals surface area contributed by atoms with Crippen LogP contribution in [0.15, 0.2) is 24.3 Å². The lowest BCUT2D eigenvalue weighted by atomic mass is 9.69. The number of nitrogens with zero attached hydrogens (tertiary/aromatic N) is 2. The zero-order chi connectivity index (χ0) is 23.3. The first-order valence-corrected chi connectivity index (χ1v) is 15.6. The summed E-state index contributed by atoms with van der Waals surface area (Å²) in [5, 5.41) is 0. The van der Waals surface area contributed by atoms with Gasteiger partial charge in [0.25, 0.3) is 0 Å². The zero-order valence-electron chi connectivity index (χ0n) is 22.5. The molecule has 0 amide bonds. The summed E-state index contributed by atoms with van der Waals surface area (Å²) in [6, 6.07) is 0. The first-order valence-electron chi connectivity index (χ1n) is 15.6. The molecule has 6 atom stereocenters. The fourth-order valence-corrected chi connectivity index (χ4v) is 7.70. The molecular weight excluding hydrogens is 412 g/mol. The van der Waals surface area contributed by atoms with Crippen molar-refractivity contribution in [3.63, 3.8) is 0 Å². The Kier molecular flexibility index (Phi) is 12.1. The van der Waals surface area contributed by atoms with Crippen molar-refractivity contribution in [2.75, 3.05) is 39.3 Å². The molecule has 5 rings (SSSR count). The largest absolute Gasteiger partial charge is 0.303 e. The molecule has 0 aromatic rings. The van der Waals surface area contributed by atoms with Gasteiger partial charge in [0, 0.05) is 26.2 Å². The summed E-state index contributed by atoms with van der Waals surface area (Å²) in [7, 11) is 0. The van der Waals surface area contributed by atoms with Crippen LogP contribution in [0.2, 0.25) is 0 Å². The number of rotatable bonds is 0. The van der Waals surface area contributed by atoms with E-state index in [2.05, 4.69) is 34.1 Å². The van der Waals surface area contributed by atoms with Crippen molar-refractivity contribution in [2.45, 2.75) is 116 Å². The molecule has 0 radical (unpaired) electrons. The third-order valence-electron chi connectivity index (χ3n) is 9.60. The van der Waals surface area contributed by atoms with Crippen molar-refractivity contribution in [3.05, 3.63) is 24.3 Å². The summed E-state index contributed by atoms with van der Waals surface area (Å²) in [4.78, 5) is 5.77. The maximum atomic E-state index is 2.93. The van der Waals surface area contributed by atoms with E-state index in [1.165, 1.54) is 148 Å². The van der Waals surface area contributed by atoms with Crippen molar-refractivity contribution in [2.24, 2.45) is 23.7 Å². The second-order valence-electron chi connectivity index (χ2n) is 12.3. The Bertz CT molecular complexity index is 596. The number of hydrogen-bond acceptors (Lipinski definition) is 2. The van der Waals surface area contributed by atoms with Gasteiger partial charge in [0.1, 0.15) is 0 Å². The molecular formula is C32H56N2. The Morgan fingerprint density at radius 3 is 1.88 bits per heavy atom. The van der Waals surface area contributed by atoms with Crippen molar-refractivity contribution in [1.29, 1.82) is 0 Å². The van der Waals surface area contributed by atoms with Crippen molar-refractivity contribution in [1.82, 2.24) is 9.80 Å². The Balaban J connectivity index is 1.47. The minimum Gasteiger partial charge on any atom is -0.303 e. The summed E-state index contributed by atoms with van der Waals surface area (Å²) in [5.41, 5.74) is 0. The molecule has 5 aliphatic rings. The highest BCUT2D eigenvalue weighted by Crippen LogP contribution is 2.40. The quantitative estimate of drug-likeness (QED) is 0.330. The molecule has 194 valence electrons. The van der Waals surface area contributed by atoms with Gasteiger partial charge in [-0.15, -0.1) is 0 Å². The lowest BCUT2D eigenvalue weighted by Crippen LogP contribution is -2.49. The van der Waals surface area contributed by atoms with Gasteiger partial charge in [0.05, 0.1) is 0 Å². The predicted octanol–water partition coefficient (Wildman–Crippen LogP) is 8.24. The molecule has 0 spiro atoms. The molecule has 2 unspecified atom stereocenters. The Morgan fingerprint density at radius 1 is 0.441 bits per heavy atom. The van der Waals surface area contributed by atoms with Gasteiger partial charge in [-0.25, -0.2) is 0 Å². The van der Waals surface area contributed by atoms with Crippen LogP contribution < -0.4 is 0 Å². The van der Waals surface area contributed by atoms with Crippen LogP contribution in [0.25, 0.3) is 0 Å². The third kappa shape index (κ3) is 9.12. The molecule has 2 nitrogen and oxygen atoms in total. The summed E-state index contributed by atoms with van der Waals surface area (Å²) in [6.45, 7) is 8.22. The molecule has 0 aromatic heterocycles. The first kappa shape index (κ1) is 26.5. The van der Waals surface area contributed by atoms with Crippen LogP contribution in [0.5, 0.6) is 0 Å². The van der Waals surface area contributed by atoms with Crippen LogP contribution in [-0.2, 0) is 0 Å². The van der Waals surface area contributed by atoms with Gasteiger partial charge in [-0.3, -0.25) is 0 Å². The number of piperidine rings is 2. The highest BCUT2D eigenvalue weighted by Gasteiger charge is 2.38. The van der Waals surface area contributed by atoms with Crippen LogP contribution in [0.1, 0.15) is 116 Å². The third-order valence-corrected chi connectivity index (χ3v) is 9.60. The fourth-order valence-electron chi connectivity index (χ4n) is 7.70. The van der Waals surface area contributed by atoms with Crippen LogP contribution in [0.3, 0.4) is 0 Å². The first-order chi connectivity index (χ1) is 16.9. The standard InChI is InChI=1S/C32H56N2/c1-2-5-10-14-18-23-34-26-29-19-15-11-7-4-6-9-13-17-22-33-24-21-32(31(25-29)28-34)30(27-33)20-16-12-8-3-1/h2,5,9,13,29-32H,1,3-4,6-8,10-12,14-28H2/b5-2-,13-9-/t29-,30+,31+,32+/m0/s1. The molecule has 34 heavy (non-hydrogen) atoms. The molecule has 0 saturated carbocycles. The monoisotopic (exact) mass is 468 g/mol. The van der Waals surface area contributed by atoms with E-state index < -0.39 is 0 Å². The van der Waals surface area contributed by atoms with Crippen molar-refractivity contribution >= 4 is 0 Å². The average molecular weight is 469 g/mol. The minimum atomic E-state index is 0.953. The van der Waals surface area contributed by atoms with Gasteiger partial charge >= 0.3 is 0 Å². The highest BCUT2D eigenvalue weighted by atomic mass is 15.1. The Morgan fingerprint density at radius 2 is 1.09 bits per heavy atom. The minimum absolute atomic E-state index is 0.953. The van der Waals surface area contributed by atoms with E-state index in [0.717, 1.165) is 23.7 Å². The second kappa shape index (κ2) is 15.5. The zero-order valence-corrected chi connectivity index (χ0v) is 22.5. The fraction of sp³-hybridized carbons (Fsp3) is 0.875. The molecule has 5 aliphatic heterocycles. The van der Waals surface area contributed by atoms with E-state index in [1.807, 2.05) is 0 Å². The SMILES string of the molecule is C1=C\CCN2CC[C@@H]3[C@H](CCCCCC/C=C\CCCCN4C[C@@H](CCCCCC/1)C[C@@H]3C4)C2. The predicted molar refractivity (Wildman–Crippen MR) is 148 cm³/mol. The molecule has 0 N–H and O–H groups in total. The topological polar surface area (TPSA) is 6.48 Å². The summed E-state index contributed by atoms with van der Waals surface area (Å²) in [6.07, 6.45) is 35.5. The van der Waals surface area contributed by atoms with Crippen LogP contribution >= 0.6 is 0 Å². The average Bonchev–Trinajstić information content (AvgIpc) is 2.85. The smallest absolute Gasteiger partial charge is 0.00160 e.